The van der Waals surface area contributed by atoms with Crippen molar-refractivity contribution < 1.29 is 10.2 Å². The molecular formula is C19H27ClN2O3. The van der Waals surface area contributed by atoms with E-state index in [1.807, 2.05) is 0 Å². The van der Waals surface area contributed by atoms with E-state index in [-0.39, 0.29) is 32.6 Å². The Labute approximate surface area is 153 Å². The van der Waals surface area contributed by atoms with Gasteiger partial charge >= 0.3 is 0 Å². The summed E-state index contributed by atoms with van der Waals surface area (Å²) in [6.07, 6.45) is 7.85. The van der Waals surface area contributed by atoms with Gasteiger partial charge in [-0.1, -0.05) is 51.6 Å². The Balaban J connectivity index is 2.56. The molecule has 1 aromatic carbocycles. The van der Waals surface area contributed by atoms with Gasteiger partial charge in [-0.3, -0.25) is 9.36 Å². The van der Waals surface area contributed by atoms with Gasteiger partial charge in [-0.15, -0.1) is 0 Å². The third kappa shape index (κ3) is 3.92. The molecule has 1 aromatic heterocycles. The molecule has 2 rings (SSSR count). The summed E-state index contributed by atoms with van der Waals surface area (Å²) in [6.45, 7) is 7.08. The van der Waals surface area contributed by atoms with Gasteiger partial charge in [-0.25, -0.2) is 4.98 Å². The summed E-state index contributed by atoms with van der Waals surface area (Å²) >= 11 is 6.10. The lowest BCUT2D eigenvalue weighted by Gasteiger charge is -2.34. The number of benzene rings is 1. The van der Waals surface area contributed by atoms with Crippen molar-refractivity contribution in [2.24, 2.45) is 5.41 Å². The van der Waals surface area contributed by atoms with Gasteiger partial charge in [-0.2, -0.15) is 0 Å². The van der Waals surface area contributed by atoms with Crippen molar-refractivity contribution in [2.75, 3.05) is 0 Å². The van der Waals surface area contributed by atoms with Crippen LogP contribution in [-0.4, -0.2) is 19.8 Å². The van der Waals surface area contributed by atoms with Gasteiger partial charge in [0, 0.05) is 12.6 Å². The van der Waals surface area contributed by atoms with Crippen LogP contribution in [0.1, 0.15) is 59.3 Å². The van der Waals surface area contributed by atoms with E-state index in [0.29, 0.717) is 6.54 Å². The molecule has 0 aliphatic heterocycles. The molecule has 0 saturated carbocycles. The predicted octanol–water partition coefficient (Wildman–Crippen LogP) is 4.85. The smallest absolute Gasteiger partial charge is 0.262 e. The van der Waals surface area contributed by atoms with Crippen LogP contribution in [0.15, 0.2) is 17.2 Å². The fraction of sp³-hybridized carbons (Fsp3) is 0.579. The van der Waals surface area contributed by atoms with E-state index in [1.165, 1.54) is 12.4 Å². The quantitative estimate of drug-likeness (QED) is 0.655. The highest BCUT2D eigenvalue weighted by atomic mass is 35.5. The van der Waals surface area contributed by atoms with Crippen molar-refractivity contribution in [1.29, 1.82) is 0 Å². The second-order valence-corrected chi connectivity index (χ2v) is 7.26. The molecule has 0 aliphatic carbocycles. The van der Waals surface area contributed by atoms with Crippen molar-refractivity contribution in [3.05, 3.63) is 27.8 Å². The standard InChI is InChI=1S/C19H27ClN2O3/c1-4-7-19(8-5-2,9-6-3)11-22-12-21-13-10-14(23)17(24)16(20)15(13)18(22)25/h10,12,23-24H,4-9,11H2,1-3H3. The third-order valence-corrected chi connectivity index (χ3v) is 5.23. The molecule has 0 radical (unpaired) electrons. The lowest BCUT2D eigenvalue weighted by Crippen LogP contribution is -2.33. The molecule has 0 amide bonds. The van der Waals surface area contributed by atoms with Crippen LogP contribution in [0.25, 0.3) is 10.9 Å². The van der Waals surface area contributed by atoms with Crippen LogP contribution < -0.4 is 5.56 Å². The van der Waals surface area contributed by atoms with E-state index in [9.17, 15) is 15.0 Å². The van der Waals surface area contributed by atoms with Crippen molar-refractivity contribution in [2.45, 2.75) is 65.8 Å². The zero-order valence-corrected chi connectivity index (χ0v) is 15.9. The summed E-state index contributed by atoms with van der Waals surface area (Å²) in [6, 6.07) is 1.26. The van der Waals surface area contributed by atoms with Crippen molar-refractivity contribution in [3.8, 4) is 11.5 Å². The molecule has 5 nitrogen and oxygen atoms in total. The van der Waals surface area contributed by atoms with Gasteiger partial charge < -0.3 is 10.2 Å². The number of halogens is 1. The van der Waals surface area contributed by atoms with E-state index in [1.54, 1.807) is 4.57 Å². The predicted molar refractivity (Wildman–Crippen MR) is 101 cm³/mol. The number of aromatic hydroxyl groups is 2. The molecule has 0 unspecified atom stereocenters. The van der Waals surface area contributed by atoms with Gasteiger partial charge in [0.25, 0.3) is 5.56 Å². The summed E-state index contributed by atoms with van der Waals surface area (Å²) in [5, 5.41) is 19.5. The molecule has 0 spiro atoms. The minimum atomic E-state index is -0.479. The van der Waals surface area contributed by atoms with Crippen LogP contribution in [0.4, 0.5) is 0 Å². The molecule has 138 valence electrons. The molecule has 6 heteroatoms. The molecular weight excluding hydrogens is 340 g/mol. The topological polar surface area (TPSA) is 75.3 Å². The number of phenolic OH excluding ortho intramolecular Hbond substituents is 2. The van der Waals surface area contributed by atoms with Gasteiger partial charge in [0.1, 0.15) is 5.02 Å². The SMILES string of the molecule is CCCC(CCC)(CCC)Cn1cnc2cc(O)c(O)c(Cl)c2c1=O. The van der Waals surface area contributed by atoms with Gasteiger partial charge in [0.05, 0.1) is 17.2 Å². The summed E-state index contributed by atoms with van der Waals surface area (Å²) in [5.41, 5.74) is 0.0645. The van der Waals surface area contributed by atoms with Crippen LogP contribution in [0.2, 0.25) is 5.02 Å². The fourth-order valence-corrected chi connectivity index (χ4v) is 4.20. The van der Waals surface area contributed by atoms with E-state index >= 15 is 0 Å². The molecule has 2 aromatic rings. The van der Waals surface area contributed by atoms with Crippen LogP contribution in [0.5, 0.6) is 11.5 Å². The maximum absolute atomic E-state index is 12.9. The van der Waals surface area contributed by atoms with E-state index in [4.69, 9.17) is 11.6 Å². The van der Waals surface area contributed by atoms with Crippen LogP contribution in [0, 0.1) is 5.41 Å². The molecule has 0 atom stereocenters. The highest BCUT2D eigenvalue weighted by Crippen LogP contribution is 2.39. The molecule has 0 saturated heterocycles. The average Bonchev–Trinajstić information content (AvgIpc) is 2.56. The van der Waals surface area contributed by atoms with E-state index in [2.05, 4.69) is 25.8 Å². The Morgan fingerprint density at radius 1 is 1.12 bits per heavy atom. The second-order valence-electron chi connectivity index (χ2n) is 6.88. The Hall–Kier alpha value is -1.75. The number of fused-ring (bicyclic) bond motifs is 1. The highest BCUT2D eigenvalue weighted by molar-refractivity contribution is 6.37. The maximum atomic E-state index is 12.9. The lowest BCUT2D eigenvalue weighted by atomic mass is 9.75. The monoisotopic (exact) mass is 366 g/mol. The van der Waals surface area contributed by atoms with Crippen LogP contribution in [0.3, 0.4) is 0 Å². The average molecular weight is 367 g/mol. The molecule has 1 heterocycles. The molecule has 0 aliphatic rings. The highest BCUT2D eigenvalue weighted by Gasteiger charge is 2.29. The number of phenols is 2. The first-order valence-electron chi connectivity index (χ1n) is 8.98. The molecule has 25 heavy (non-hydrogen) atoms. The van der Waals surface area contributed by atoms with Gasteiger partial charge in [-0.05, 0) is 24.7 Å². The zero-order chi connectivity index (χ0) is 18.6. The first-order chi connectivity index (χ1) is 11.9. The number of rotatable bonds is 8. The Morgan fingerprint density at radius 2 is 1.68 bits per heavy atom. The van der Waals surface area contributed by atoms with Gasteiger partial charge in [0.2, 0.25) is 0 Å². The Kier molecular flexibility index (Phi) is 6.33. The second kappa shape index (κ2) is 8.09. The Morgan fingerprint density at radius 3 is 2.20 bits per heavy atom. The van der Waals surface area contributed by atoms with E-state index < -0.39 is 5.75 Å². The van der Waals surface area contributed by atoms with Crippen molar-refractivity contribution in [3.63, 3.8) is 0 Å². The third-order valence-electron chi connectivity index (χ3n) is 4.86. The minimum Gasteiger partial charge on any atom is -0.504 e. The normalized spacial score (nSPS) is 12.0. The number of aromatic nitrogens is 2. The van der Waals surface area contributed by atoms with Crippen LogP contribution in [-0.2, 0) is 6.54 Å². The number of hydrogen-bond donors (Lipinski definition) is 2. The minimum absolute atomic E-state index is 0.0584. The van der Waals surface area contributed by atoms with Crippen molar-refractivity contribution >= 4 is 22.5 Å². The molecule has 0 bridgehead atoms. The summed E-state index contributed by atoms with van der Waals surface area (Å²) in [7, 11) is 0. The first kappa shape index (κ1) is 19.6. The number of nitrogens with zero attached hydrogens (tertiary/aromatic N) is 2. The molecule has 2 N–H and O–H groups in total. The largest absolute Gasteiger partial charge is 0.504 e. The maximum Gasteiger partial charge on any atom is 0.262 e. The fourth-order valence-electron chi connectivity index (χ4n) is 3.92. The summed E-state index contributed by atoms with van der Waals surface area (Å²) in [5.74, 6) is -0.854. The summed E-state index contributed by atoms with van der Waals surface area (Å²) in [4.78, 5) is 17.2. The Bertz CT molecular complexity index is 784. The van der Waals surface area contributed by atoms with Gasteiger partial charge in [0.15, 0.2) is 11.5 Å². The molecule has 0 fully saturated rings. The lowest BCUT2D eigenvalue weighted by molar-refractivity contribution is 0.173. The summed E-state index contributed by atoms with van der Waals surface area (Å²) < 4.78 is 1.60. The van der Waals surface area contributed by atoms with Crippen LogP contribution >= 0.6 is 11.6 Å². The van der Waals surface area contributed by atoms with Crippen molar-refractivity contribution in [1.82, 2.24) is 9.55 Å². The van der Waals surface area contributed by atoms with E-state index in [0.717, 1.165) is 38.5 Å². The first-order valence-corrected chi connectivity index (χ1v) is 9.36. The zero-order valence-electron chi connectivity index (χ0n) is 15.2. The number of hydrogen-bond acceptors (Lipinski definition) is 4.